The minimum Gasteiger partial charge on any atom is -0.300 e. The molecule has 0 aromatic heterocycles. The van der Waals surface area contributed by atoms with Crippen LogP contribution in [-0.2, 0) is 14.6 Å². The second-order valence-electron chi connectivity index (χ2n) is 4.51. The van der Waals surface area contributed by atoms with E-state index in [0.29, 0.717) is 19.3 Å². The largest absolute Gasteiger partial charge is 0.300 e. The lowest BCUT2D eigenvalue weighted by Gasteiger charge is -2.21. The van der Waals surface area contributed by atoms with Crippen molar-refractivity contribution in [1.82, 2.24) is 0 Å². The maximum Gasteiger partial charge on any atom is 0.150 e. The van der Waals surface area contributed by atoms with Crippen molar-refractivity contribution in [3.05, 3.63) is 0 Å². The van der Waals surface area contributed by atoms with E-state index in [-0.39, 0.29) is 22.7 Å². The molecule has 82 valence electrons. The van der Waals surface area contributed by atoms with Crippen molar-refractivity contribution >= 4 is 15.6 Å². The van der Waals surface area contributed by atoms with Gasteiger partial charge in [-0.05, 0) is 18.3 Å². The number of sulfone groups is 1. The fraction of sp³-hybridized carbons (Fsp3) is 0.900. The van der Waals surface area contributed by atoms with Crippen LogP contribution in [0.3, 0.4) is 0 Å². The molecular weight excluding hydrogens is 200 g/mol. The second-order valence-corrected chi connectivity index (χ2v) is 6.99. The van der Waals surface area contributed by atoms with Crippen molar-refractivity contribution in [1.29, 1.82) is 0 Å². The first-order valence-electron chi connectivity index (χ1n) is 5.09. The van der Waals surface area contributed by atoms with Gasteiger partial charge in [0.05, 0.1) is 5.75 Å². The molecule has 0 amide bonds. The maximum absolute atomic E-state index is 11.3. The number of hydrogen-bond donors (Lipinski definition) is 0. The monoisotopic (exact) mass is 218 g/mol. The Labute approximate surface area is 85.8 Å². The summed E-state index contributed by atoms with van der Waals surface area (Å²) in [6.07, 6.45) is 2.68. The Bertz CT molecular complexity index is 318. The van der Waals surface area contributed by atoms with Crippen LogP contribution in [0, 0.1) is 5.41 Å². The first-order chi connectivity index (χ1) is 6.37. The molecule has 0 aromatic carbocycles. The summed E-state index contributed by atoms with van der Waals surface area (Å²) in [5, 5.41) is 0. The Hall–Kier alpha value is -0.380. The molecule has 0 aliphatic heterocycles. The summed E-state index contributed by atoms with van der Waals surface area (Å²) in [5.41, 5.74) is -0.0562. The molecule has 0 spiro atoms. The van der Waals surface area contributed by atoms with Crippen LogP contribution < -0.4 is 0 Å². The van der Waals surface area contributed by atoms with Gasteiger partial charge in [0.2, 0.25) is 0 Å². The van der Waals surface area contributed by atoms with Gasteiger partial charge in [0.1, 0.15) is 15.6 Å². The summed E-state index contributed by atoms with van der Waals surface area (Å²) in [6, 6.07) is 0. The normalized spacial score (nSPS) is 28.3. The van der Waals surface area contributed by atoms with E-state index in [0.717, 1.165) is 6.42 Å². The van der Waals surface area contributed by atoms with E-state index in [9.17, 15) is 13.2 Å². The zero-order valence-electron chi connectivity index (χ0n) is 8.88. The maximum atomic E-state index is 11.3. The smallest absolute Gasteiger partial charge is 0.150 e. The third-order valence-corrected chi connectivity index (χ3v) is 4.79. The molecule has 0 saturated heterocycles. The fourth-order valence-corrected chi connectivity index (χ4v) is 2.95. The predicted octanol–water partition coefficient (Wildman–Crippen LogP) is 1.57. The third-order valence-electron chi connectivity index (χ3n) is 3.09. The second kappa shape index (κ2) is 4.01. The van der Waals surface area contributed by atoms with E-state index in [4.69, 9.17) is 0 Å². The minimum atomic E-state index is -2.87. The van der Waals surface area contributed by atoms with Gasteiger partial charge >= 0.3 is 0 Å². The lowest BCUT2D eigenvalue weighted by molar-refractivity contribution is -0.117. The Kier molecular flexibility index (Phi) is 3.35. The molecule has 0 aromatic rings. The van der Waals surface area contributed by atoms with Gasteiger partial charge in [-0.3, -0.25) is 4.79 Å². The molecule has 1 fully saturated rings. The van der Waals surface area contributed by atoms with Crippen LogP contribution in [0.1, 0.15) is 39.5 Å². The van der Waals surface area contributed by atoms with Gasteiger partial charge in [-0.2, -0.15) is 0 Å². The van der Waals surface area contributed by atoms with Gasteiger partial charge in [0.15, 0.2) is 0 Å². The number of ketones is 1. The fourth-order valence-electron chi connectivity index (χ4n) is 1.85. The highest BCUT2D eigenvalue weighted by molar-refractivity contribution is 7.91. The molecule has 1 atom stereocenters. The Morgan fingerprint density at radius 2 is 2.07 bits per heavy atom. The summed E-state index contributed by atoms with van der Waals surface area (Å²) in [7, 11) is -2.87. The van der Waals surface area contributed by atoms with Gasteiger partial charge in [0, 0.05) is 18.6 Å². The Morgan fingerprint density at radius 1 is 1.43 bits per heavy atom. The van der Waals surface area contributed by atoms with Crippen LogP contribution in [0.15, 0.2) is 0 Å². The molecule has 4 heteroatoms. The number of carbonyl (C=O) groups excluding carboxylic acids is 1. The van der Waals surface area contributed by atoms with E-state index in [1.807, 2.05) is 6.92 Å². The molecular formula is C10H18O3S. The van der Waals surface area contributed by atoms with Crippen LogP contribution in [-0.4, -0.2) is 25.7 Å². The molecule has 0 radical (unpaired) electrons. The number of Topliss-reactive ketones (excluding diaryl/α,β-unsaturated/α-hetero) is 1. The molecule has 3 nitrogen and oxygen atoms in total. The van der Waals surface area contributed by atoms with Crippen LogP contribution in [0.4, 0.5) is 0 Å². The summed E-state index contributed by atoms with van der Waals surface area (Å²) >= 11 is 0. The molecule has 0 bridgehead atoms. The summed E-state index contributed by atoms with van der Waals surface area (Å²) < 4.78 is 22.6. The quantitative estimate of drug-likeness (QED) is 0.719. The number of carbonyl (C=O) groups is 1. The zero-order chi connectivity index (χ0) is 10.8. The predicted molar refractivity (Wildman–Crippen MR) is 55.9 cm³/mol. The SMILES string of the molecule is CCS(=O)(=O)CCC1(C)CCC(=O)C1. The highest BCUT2D eigenvalue weighted by Gasteiger charge is 2.34. The van der Waals surface area contributed by atoms with E-state index in [1.165, 1.54) is 0 Å². The third kappa shape index (κ3) is 3.08. The van der Waals surface area contributed by atoms with Crippen LogP contribution in [0.25, 0.3) is 0 Å². The molecule has 1 unspecified atom stereocenters. The van der Waals surface area contributed by atoms with Gasteiger partial charge in [-0.15, -0.1) is 0 Å². The molecule has 1 aliphatic rings. The highest BCUT2D eigenvalue weighted by atomic mass is 32.2. The van der Waals surface area contributed by atoms with Crippen molar-refractivity contribution in [3.8, 4) is 0 Å². The van der Waals surface area contributed by atoms with E-state index >= 15 is 0 Å². The summed E-state index contributed by atoms with van der Waals surface area (Å²) in [6.45, 7) is 3.68. The van der Waals surface area contributed by atoms with Gasteiger partial charge in [0.25, 0.3) is 0 Å². The van der Waals surface area contributed by atoms with Gasteiger partial charge in [-0.25, -0.2) is 8.42 Å². The summed E-state index contributed by atoms with van der Waals surface area (Å²) in [5.74, 6) is 0.714. The summed E-state index contributed by atoms with van der Waals surface area (Å²) in [4.78, 5) is 11.1. The molecule has 1 rings (SSSR count). The van der Waals surface area contributed by atoms with E-state index in [2.05, 4.69) is 0 Å². The lowest BCUT2D eigenvalue weighted by atomic mass is 9.86. The van der Waals surface area contributed by atoms with Crippen molar-refractivity contribution in [2.24, 2.45) is 5.41 Å². The van der Waals surface area contributed by atoms with E-state index in [1.54, 1.807) is 6.92 Å². The molecule has 0 N–H and O–H groups in total. The van der Waals surface area contributed by atoms with Crippen molar-refractivity contribution in [2.75, 3.05) is 11.5 Å². The number of rotatable bonds is 4. The average Bonchev–Trinajstić information content (AvgIpc) is 2.45. The Balaban J connectivity index is 2.50. The average molecular weight is 218 g/mol. The first-order valence-corrected chi connectivity index (χ1v) is 6.91. The molecule has 14 heavy (non-hydrogen) atoms. The minimum absolute atomic E-state index is 0.0562. The topological polar surface area (TPSA) is 51.2 Å². The molecule has 1 saturated carbocycles. The molecule has 1 aliphatic carbocycles. The van der Waals surface area contributed by atoms with Crippen molar-refractivity contribution in [2.45, 2.75) is 39.5 Å². The molecule has 0 heterocycles. The van der Waals surface area contributed by atoms with Crippen LogP contribution in [0.5, 0.6) is 0 Å². The zero-order valence-corrected chi connectivity index (χ0v) is 9.69. The van der Waals surface area contributed by atoms with E-state index < -0.39 is 9.84 Å². The lowest BCUT2D eigenvalue weighted by Crippen LogP contribution is -2.19. The van der Waals surface area contributed by atoms with Gasteiger partial charge < -0.3 is 0 Å². The number of hydrogen-bond acceptors (Lipinski definition) is 3. The first kappa shape index (κ1) is 11.7. The van der Waals surface area contributed by atoms with Crippen molar-refractivity contribution in [3.63, 3.8) is 0 Å². The van der Waals surface area contributed by atoms with Crippen molar-refractivity contribution < 1.29 is 13.2 Å². The Morgan fingerprint density at radius 3 is 2.50 bits per heavy atom. The van der Waals surface area contributed by atoms with Crippen LogP contribution >= 0.6 is 0 Å². The van der Waals surface area contributed by atoms with Gasteiger partial charge in [-0.1, -0.05) is 13.8 Å². The standard InChI is InChI=1S/C10H18O3S/c1-3-14(12,13)7-6-10(2)5-4-9(11)8-10/h3-8H2,1-2H3. The highest BCUT2D eigenvalue weighted by Crippen LogP contribution is 2.38. The van der Waals surface area contributed by atoms with Crippen LogP contribution in [0.2, 0.25) is 0 Å².